The van der Waals surface area contributed by atoms with Crippen molar-refractivity contribution in [2.24, 2.45) is 0 Å². The molecule has 72 valence electrons. The van der Waals surface area contributed by atoms with Crippen molar-refractivity contribution >= 4 is 17.3 Å². The zero-order valence-electron chi connectivity index (χ0n) is 7.04. The average molecular weight is 204 g/mol. The lowest BCUT2D eigenvalue weighted by molar-refractivity contribution is 0.281. The van der Waals surface area contributed by atoms with Crippen LogP contribution in [0.15, 0.2) is 11.0 Å². The van der Waals surface area contributed by atoms with Gasteiger partial charge in [0.25, 0.3) is 5.56 Å². The molecule has 0 aliphatic carbocycles. The summed E-state index contributed by atoms with van der Waals surface area (Å²) < 4.78 is 0. The Morgan fingerprint density at radius 1 is 1.85 bits per heavy atom. The molecule has 1 rings (SSSR count). The third-order valence-electron chi connectivity index (χ3n) is 1.47. The van der Waals surface area contributed by atoms with Crippen molar-refractivity contribution in [3.8, 4) is 0 Å². The van der Waals surface area contributed by atoms with E-state index in [2.05, 4.69) is 15.5 Å². The summed E-state index contributed by atoms with van der Waals surface area (Å²) in [7, 11) is 0. The second-order valence-corrected chi connectivity index (χ2v) is 3.03. The fraction of sp³-hybridized carbons (Fsp3) is 0.429. The molecule has 0 aromatic carbocycles. The van der Waals surface area contributed by atoms with Crippen LogP contribution in [-0.4, -0.2) is 28.0 Å². The second-order valence-electron chi connectivity index (χ2n) is 2.65. The highest BCUT2D eigenvalue weighted by Gasteiger charge is 2.06. The van der Waals surface area contributed by atoms with Gasteiger partial charge in [0, 0.05) is 6.04 Å². The summed E-state index contributed by atoms with van der Waals surface area (Å²) in [5.74, 6) is 0. The van der Waals surface area contributed by atoms with E-state index in [1.54, 1.807) is 6.92 Å². The van der Waals surface area contributed by atoms with E-state index in [1.165, 1.54) is 6.20 Å². The topological polar surface area (TPSA) is 78.0 Å². The van der Waals surface area contributed by atoms with Crippen LogP contribution in [0.1, 0.15) is 6.92 Å². The predicted molar refractivity (Wildman–Crippen MR) is 50.0 cm³/mol. The molecule has 0 spiro atoms. The van der Waals surface area contributed by atoms with E-state index < -0.39 is 5.56 Å². The fourth-order valence-electron chi connectivity index (χ4n) is 0.795. The molecule has 1 aromatic heterocycles. The summed E-state index contributed by atoms with van der Waals surface area (Å²) >= 11 is 5.67. The fourth-order valence-corrected chi connectivity index (χ4v) is 0.941. The van der Waals surface area contributed by atoms with E-state index >= 15 is 0 Å². The molecule has 0 radical (unpaired) electrons. The monoisotopic (exact) mass is 203 g/mol. The van der Waals surface area contributed by atoms with E-state index in [9.17, 15) is 4.79 Å². The lowest BCUT2D eigenvalue weighted by atomic mass is 10.3. The summed E-state index contributed by atoms with van der Waals surface area (Å²) in [6.45, 7) is 1.72. The average Bonchev–Trinajstić information content (AvgIpc) is 2.13. The number of H-pyrrole nitrogens is 1. The third kappa shape index (κ3) is 2.43. The van der Waals surface area contributed by atoms with Gasteiger partial charge in [-0.1, -0.05) is 11.6 Å². The quantitative estimate of drug-likeness (QED) is 0.657. The van der Waals surface area contributed by atoms with Gasteiger partial charge < -0.3 is 10.4 Å². The first-order valence-electron chi connectivity index (χ1n) is 3.75. The Balaban J connectivity index is 2.89. The first kappa shape index (κ1) is 10.0. The molecular weight excluding hydrogens is 194 g/mol. The van der Waals surface area contributed by atoms with E-state index in [0.29, 0.717) is 5.69 Å². The molecule has 1 heterocycles. The molecule has 0 aliphatic heterocycles. The minimum atomic E-state index is -0.447. The van der Waals surface area contributed by atoms with Gasteiger partial charge in [-0.05, 0) is 6.92 Å². The predicted octanol–water partition coefficient (Wildman–Crippen LogP) is 0.216. The number of hydrogen-bond acceptors (Lipinski definition) is 4. The van der Waals surface area contributed by atoms with Crippen LogP contribution in [0.5, 0.6) is 0 Å². The molecule has 1 aromatic rings. The van der Waals surface area contributed by atoms with Crippen LogP contribution < -0.4 is 10.9 Å². The third-order valence-corrected chi connectivity index (χ3v) is 1.85. The molecule has 6 heteroatoms. The zero-order chi connectivity index (χ0) is 9.84. The number of hydrogen-bond donors (Lipinski definition) is 3. The first-order chi connectivity index (χ1) is 6.15. The summed E-state index contributed by atoms with van der Waals surface area (Å²) in [5.41, 5.74) is -0.0243. The van der Waals surface area contributed by atoms with Crippen LogP contribution >= 0.6 is 11.6 Å². The number of aliphatic hydroxyl groups excluding tert-OH is 1. The van der Waals surface area contributed by atoms with Crippen molar-refractivity contribution in [2.75, 3.05) is 11.9 Å². The highest BCUT2D eigenvalue weighted by atomic mass is 35.5. The summed E-state index contributed by atoms with van der Waals surface area (Å²) in [6, 6.07) is -0.166. The van der Waals surface area contributed by atoms with Gasteiger partial charge in [-0.2, -0.15) is 5.10 Å². The Hall–Kier alpha value is -1.07. The molecular formula is C7H10ClN3O2. The Labute approximate surface area is 79.7 Å². The maximum Gasteiger partial charge on any atom is 0.285 e. The molecule has 0 saturated heterocycles. The smallest absolute Gasteiger partial charge is 0.285 e. The molecule has 0 bridgehead atoms. The Kier molecular flexibility index (Phi) is 3.27. The van der Waals surface area contributed by atoms with Crippen molar-refractivity contribution < 1.29 is 5.11 Å². The molecule has 13 heavy (non-hydrogen) atoms. The van der Waals surface area contributed by atoms with Crippen molar-refractivity contribution in [1.29, 1.82) is 0 Å². The van der Waals surface area contributed by atoms with Gasteiger partial charge in [0.05, 0.1) is 18.5 Å². The SMILES string of the molecule is C[C@H](CO)Nc1cn[nH]c(=O)c1Cl. The van der Waals surface area contributed by atoms with Crippen molar-refractivity contribution in [3.63, 3.8) is 0 Å². The first-order valence-corrected chi connectivity index (χ1v) is 4.13. The number of aliphatic hydroxyl groups is 1. The molecule has 0 saturated carbocycles. The van der Waals surface area contributed by atoms with Gasteiger partial charge in [0.1, 0.15) is 5.02 Å². The number of aromatic nitrogens is 2. The number of nitrogens with zero attached hydrogens (tertiary/aromatic N) is 1. The number of nitrogens with one attached hydrogen (secondary N) is 2. The normalized spacial score (nSPS) is 12.5. The number of halogens is 1. The van der Waals surface area contributed by atoms with E-state index in [4.69, 9.17) is 16.7 Å². The van der Waals surface area contributed by atoms with Crippen LogP contribution in [0.3, 0.4) is 0 Å². The van der Waals surface area contributed by atoms with Gasteiger partial charge in [-0.25, -0.2) is 5.10 Å². The van der Waals surface area contributed by atoms with Crippen LogP contribution in [0.25, 0.3) is 0 Å². The van der Waals surface area contributed by atoms with Crippen LogP contribution in [-0.2, 0) is 0 Å². The van der Waals surface area contributed by atoms with Crippen LogP contribution in [0.2, 0.25) is 5.02 Å². The Bertz CT molecular complexity index is 339. The highest BCUT2D eigenvalue weighted by Crippen LogP contribution is 2.14. The van der Waals surface area contributed by atoms with Gasteiger partial charge in [0.15, 0.2) is 0 Å². The summed E-state index contributed by atoms with van der Waals surface area (Å²) in [5, 5.41) is 17.4. The van der Waals surface area contributed by atoms with E-state index in [-0.39, 0.29) is 17.7 Å². The summed E-state index contributed by atoms with van der Waals surface area (Å²) in [4.78, 5) is 11.0. The number of anilines is 1. The summed E-state index contributed by atoms with van der Waals surface area (Å²) in [6.07, 6.45) is 1.40. The lowest BCUT2D eigenvalue weighted by Crippen LogP contribution is -2.21. The molecule has 3 N–H and O–H groups in total. The standard InChI is InChI=1S/C7H10ClN3O2/c1-4(3-12)10-5-2-9-11-7(13)6(5)8/h2,4,12H,3H2,1H3,(H2,10,11,13)/t4-/m1/s1. The molecule has 0 unspecified atom stereocenters. The van der Waals surface area contributed by atoms with Gasteiger partial charge in [0.2, 0.25) is 0 Å². The van der Waals surface area contributed by atoms with Gasteiger partial charge >= 0.3 is 0 Å². The molecule has 0 aliphatic rings. The maximum atomic E-state index is 11.0. The lowest BCUT2D eigenvalue weighted by Gasteiger charge is -2.11. The zero-order valence-corrected chi connectivity index (χ0v) is 7.80. The van der Waals surface area contributed by atoms with Crippen molar-refractivity contribution in [1.82, 2.24) is 10.2 Å². The van der Waals surface area contributed by atoms with E-state index in [1.807, 2.05) is 0 Å². The molecule has 0 fully saturated rings. The minimum Gasteiger partial charge on any atom is -0.394 e. The van der Waals surface area contributed by atoms with Gasteiger partial charge in [-0.3, -0.25) is 4.79 Å². The van der Waals surface area contributed by atoms with Crippen LogP contribution in [0, 0.1) is 0 Å². The highest BCUT2D eigenvalue weighted by molar-refractivity contribution is 6.32. The maximum absolute atomic E-state index is 11.0. The second kappa shape index (κ2) is 4.25. The van der Waals surface area contributed by atoms with Crippen molar-refractivity contribution in [3.05, 3.63) is 21.6 Å². The number of rotatable bonds is 3. The Morgan fingerprint density at radius 3 is 3.15 bits per heavy atom. The minimum absolute atomic E-state index is 0.0386. The molecule has 1 atom stereocenters. The van der Waals surface area contributed by atoms with Crippen molar-refractivity contribution in [2.45, 2.75) is 13.0 Å². The largest absolute Gasteiger partial charge is 0.394 e. The van der Waals surface area contributed by atoms with Gasteiger partial charge in [-0.15, -0.1) is 0 Å². The Morgan fingerprint density at radius 2 is 2.54 bits per heavy atom. The molecule has 0 amide bonds. The van der Waals surface area contributed by atoms with E-state index in [0.717, 1.165) is 0 Å². The van der Waals surface area contributed by atoms with Crippen LogP contribution in [0.4, 0.5) is 5.69 Å². The number of aromatic amines is 1. The molecule has 5 nitrogen and oxygen atoms in total.